The number of rotatable bonds is 4. The number of hydrogen-bond donors (Lipinski definition) is 2. The number of hydrogen-bond acceptors (Lipinski definition) is 2. The Bertz CT molecular complexity index is 982. The van der Waals surface area contributed by atoms with Crippen LogP contribution in [0, 0.1) is 0 Å². The topological polar surface area (TPSA) is 50.0 Å². The van der Waals surface area contributed by atoms with Crippen LogP contribution in [0.3, 0.4) is 0 Å². The van der Waals surface area contributed by atoms with Gasteiger partial charge in [-0.2, -0.15) is 0 Å². The van der Waals surface area contributed by atoms with Gasteiger partial charge in [-0.05, 0) is 48.0 Å². The van der Waals surface area contributed by atoms with Crippen molar-refractivity contribution >= 4 is 21.8 Å². The fourth-order valence-electron chi connectivity index (χ4n) is 3.03. The van der Waals surface area contributed by atoms with Crippen LogP contribution in [0.15, 0.2) is 48.7 Å². The Labute approximate surface area is 134 Å². The van der Waals surface area contributed by atoms with Crippen molar-refractivity contribution in [3.63, 3.8) is 0 Å². The van der Waals surface area contributed by atoms with E-state index in [2.05, 4.69) is 34.4 Å². The second-order valence-corrected chi connectivity index (χ2v) is 5.65. The molecular weight excluding hydrogens is 288 g/mol. The highest BCUT2D eigenvalue weighted by molar-refractivity contribution is 5.86. The SMILES string of the molecule is COc1ccc2[nH]c(Cc3c[nH]c4ccc(OC)cc34)cc2c1. The van der Waals surface area contributed by atoms with Crippen molar-refractivity contribution in [2.24, 2.45) is 0 Å². The molecule has 4 rings (SSSR count). The molecule has 0 saturated carbocycles. The van der Waals surface area contributed by atoms with Crippen molar-refractivity contribution in [3.05, 3.63) is 59.9 Å². The molecule has 0 unspecified atom stereocenters. The predicted octanol–water partition coefficient (Wildman–Crippen LogP) is 4.26. The van der Waals surface area contributed by atoms with E-state index in [1.54, 1.807) is 14.2 Å². The molecule has 2 heterocycles. The number of aromatic amines is 2. The van der Waals surface area contributed by atoms with Crippen molar-refractivity contribution in [3.8, 4) is 11.5 Å². The Kier molecular flexibility index (Phi) is 3.23. The third-order valence-electron chi connectivity index (χ3n) is 4.24. The third-order valence-corrected chi connectivity index (χ3v) is 4.24. The minimum atomic E-state index is 0.837. The molecule has 4 aromatic rings. The molecule has 0 amide bonds. The molecule has 2 aromatic heterocycles. The Balaban J connectivity index is 1.72. The molecule has 0 aliphatic heterocycles. The lowest BCUT2D eigenvalue weighted by atomic mass is 10.1. The Morgan fingerprint density at radius 3 is 2.39 bits per heavy atom. The molecule has 4 heteroatoms. The van der Waals surface area contributed by atoms with Gasteiger partial charge < -0.3 is 19.4 Å². The second-order valence-electron chi connectivity index (χ2n) is 5.65. The van der Waals surface area contributed by atoms with Crippen molar-refractivity contribution < 1.29 is 9.47 Å². The van der Waals surface area contributed by atoms with Gasteiger partial charge in [-0.25, -0.2) is 0 Å². The Morgan fingerprint density at radius 1 is 0.870 bits per heavy atom. The summed E-state index contributed by atoms with van der Waals surface area (Å²) in [6, 6.07) is 14.3. The number of H-pyrrole nitrogens is 2. The summed E-state index contributed by atoms with van der Waals surface area (Å²) in [4.78, 5) is 6.80. The van der Waals surface area contributed by atoms with Crippen LogP contribution in [-0.2, 0) is 6.42 Å². The summed E-state index contributed by atoms with van der Waals surface area (Å²) in [6.45, 7) is 0. The highest BCUT2D eigenvalue weighted by Gasteiger charge is 2.08. The van der Waals surface area contributed by atoms with Gasteiger partial charge in [0.25, 0.3) is 0 Å². The van der Waals surface area contributed by atoms with E-state index >= 15 is 0 Å². The summed E-state index contributed by atoms with van der Waals surface area (Å²) in [7, 11) is 3.38. The fraction of sp³-hybridized carbons (Fsp3) is 0.158. The highest BCUT2D eigenvalue weighted by atomic mass is 16.5. The van der Waals surface area contributed by atoms with E-state index < -0.39 is 0 Å². The van der Waals surface area contributed by atoms with Crippen LogP contribution in [0.25, 0.3) is 21.8 Å². The molecule has 0 bridgehead atoms. The maximum atomic E-state index is 5.33. The van der Waals surface area contributed by atoms with Crippen molar-refractivity contribution in [1.29, 1.82) is 0 Å². The van der Waals surface area contributed by atoms with Gasteiger partial charge in [0.15, 0.2) is 0 Å². The highest BCUT2D eigenvalue weighted by Crippen LogP contribution is 2.27. The lowest BCUT2D eigenvalue weighted by molar-refractivity contribution is 0.415. The van der Waals surface area contributed by atoms with E-state index in [1.807, 2.05) is 24.3 Å². The van der Waals surface area contributed by atoms with Gasteiger partial charge in [0.2, 0.25) is 0 Å². The largest absolute Gasteiger partial charge is 0.497 e. The number of aromatic nitrogens is 2. The van der Waals surface area contributed by atoms with Crippen LogP contribution in [0.4, 0.5) is 0 Å². The zero-order chi connectivity index (χ0) is 15.8. The van der Waals surface area contributed by atoms with Gasteiger partial charge >= 0.3 is 0 Å². The first-order valence-electron chi connectivity index (χ1n) is 7.56. The molecule has 0 fully saturated rings. The van der Waals surface area contributed by atoms with E-state index in [4.69, 9.17) is 9.47 Å². The van der Waals surface area contributed by atoms with Crippen molar-refractivity contribution in [1.82, 2.24) is 9.97 Å². The van der Waals surface area contributed by atoms with Gasteiger partial charge in [0.05, 0.1) is 14.2 Å². The van der Waals surface area contributed by atoms with E-state index in [-0.39, 0.29) is 0 Å². The Morgan fingerprint density at radius 2 is 1.61 bits per heavy atom. The maximum absolute atomic E-state index is 5.33. The van der Waals surface area contributed by atoms with Crippen LogP contribution < -0.4 is 9.47 Å². The molecule has 0 spiro atoms. The first-order valence-corrected chi connectivity index (χ1v) is 7.56. The molecule has 2 aromatic carbocycles. The molecule has 0 atom stereocenters. The minimum absolute atomic E-state index is 0.837. The zero-order valence-corrected chi connectivity index (χ0v) is 13.1. The molecular formula is C19H18N2O2. The molecule has 0 aliphatic carbocycles. The quantitative estimate of drug-likeness (QED) is 0.592. The monoisotopic (exact) mass is 306 g/mol. The number of fused-ring (bicyclic) bond motifs is 2. The van der Waals surface area contributed by atoms with Crippen LogP contribution in [0.2, 0.25) is 0 Å². The standard InChI is InChI=1S/C19H18N2O2/c1-22-15-3-5-18-12(9-15)7-14(21-18)8-13-11-20-19-6-4-16(23-2)10-17(13)19/h3-7,9-11,20-21H,8H2,1-2H3. The minimum Gasteiger partial charge on any atom is -0.497 e. The predicted molar refractivity (Wildman–Crippen MR) is 92.5 cm³/mol. The first kappa shape index (κ1) is 13.8. The van der Waals surface area contributed by atoms with E-state index in [1.165, 1.54) is 16.6 Å². The fourth-order valence-corrected chi connectivity index (χ4v) is 3.03. The van der Waals surface area contributed by atoms with Crippen LogP contribution in [-0.4, -0.2) is 24.2 Å². The second kappa shape index (κ2) is 5.39. The molecule has 116 valence electrons. The molecule has 0 radical (unpaired) electrons. The van der Waals surface area contributed by atoms with Crippen molar-refractivity contribution in [2.75, 3.05) is 14.2 Å². The Hall–Kier alpha value is -2.88. The molecule has 0 aliphatic rings. The lowest BCUT2D eigenvalue weighted by Gasteiger charge is -2.01. The summed E-state index contributed by atoms with van der Waals surface area (Å²) in [5.41, 5.74) is 4.67. The van der Waals surface area contributed by atoms with Crippen LogP contribution in [0.1, 0.15) is 11.3 Å². The molecule has 4 nitrogen and oxygen atoms in total. The summed E-state index contributed by atoms with van der Waals surface area (Å²) < 4.78 is 10.6. The lowest BCUT2D eigenvalue weighted by Crippen LogP contribution is -1.87. The number of nitrogens with one attached hydrogen (secondary N) is 2. The first-order chi connectivity index (χ1) is 11.3. The maximum Gasteiger partial charge on any atom is 0.119 e. The summed E-state index contributed by atoms with van der Waals surface area (Å²) in [5.74, 6) is 1.75. The number of benzene rings is 2. The van der Waals surface area contributed by atoms with E-state index in [0.717, 1.165) is 34.3 Å². The van der Waals surface area contributed by atoms with E-state index in [9.17, 15) is 0 Å². The van der Waals surface area contributed by atoms with Gasteiger partial charge in [-0.3, -0.25) is 0 Å². The van der Waals surface area contributed by atoms with E-state index in [0.29, 0.717) is 0 Å². The molecule has 2 N–H and O–H groups in total. The average molecular weight is 306 g/mol. The molecule has 0 saturated heterocycles. The summed E-state index contributed by atoms with van der Waals surface area (Å²) >= 11 is 0. The number of methoxy groups -OCH3 is 2. The smallest absolute Gasteiger partial charge is 0.119 e. The van der Waals surface area contributed by atoms with Gasteiger partial charge in [-0.1, -0.05) is 0 Å². The summed E-state index contributed by atoms with van der Waals surface area (Å²) in [5, 5.41) is 2.36. The van der Waals surface area contributed by atoms with Crippen LogP contribution in [0.5, 0.6) is 11.5 Å². The van der Waals surface area contributed by atoms with Gasteiger partial charge in [-0.15, -0.1) is 0 Å². The third kappa shape index (κ3) is 2.42. The van der Waals surface area contributed by atoms with Gasteiger partial charge in [0.1, 0.15) is 11.5 Å². The molecule has 23 heavy (non-hydrogen) atoms. The number of ether oxygens (including phenoxy) is 2. The zero-order valence-electron chi connectivity index (χ0n) is 13.1. The van der Waals surface area contributed by atoms with Crippen molar-refractivity contribution in [2.45, 2.75) is 6.42 Å². The van der Waals surface area contributed by atoms with Crippen LogP contribution >= 0.6 is 0 Å². The normalized spacial score (nSPS) is 11.2. The summed E-state index contributed by atoms with van der Waals surface area (Å²) in [6.07, 6.45) is 2.90. The average Bonchev–Trinajstić information content (AvgIpc) is 3.17. The van der Waals surface area contributed by atoms with Gasteiger partial charge in [0, 0.05) is 40.1 Å².